The fourth-order valence-electron chi connectivity index (χ4n) is 3.40. The summed E-state index contributed by atoms with van der Waals surface area (Å²) >= 11 is 1.71. The highest BCUT2D eigenvalue weighted by atomic mass is 32.2. The minimum Gasteiger partial charge on any atom is -0.504 e. The van der Waals surface area contributed by atoms with Gasteiger partial charge in [0.15, 0.2) is 11.4 Å². The summed E-state index contributed by atoms with van der Waals surface area (Å²) in [4.78, 5) is 14.3. The molecule has 0 bridgehead atoms. The predicted molar refractivity (Wildman–Crippen MR) is 110 cm³/mol. The lowest BCUT2D eigenvalue weighted by atomic mass is 10.1. The van der Waals surface area contributed by atoms with Gasteiger partial charge in [0.25, 0.3) is 0 Å². The summed E-state index contributed by atoms with van der Waals surface area (Å²) in [6, 6.07) is 0.313. The Bertz CT molecular complexity index is 880. The summed E-state index contributed by atoms with van der Waals surface area (Å²) in [6.07, 6.45) is 4.54. The number of thioether (sulfide) groups is 1. The number of aryl methyl sites for hydroxylation is 1. The summed E-state index contributed by atoms with van der Waals surface area (Å²) in [6.45, 7) is 8.89. The van der Waals surface area contributed by atoms with E-state index in [0.717, 1.165) is 58.4 Å². The van der Waals surface area contributed by atoms with E-state index < -0.39 is 0 Å². The first kappa shape index (κ1) is 18.9. The molecule has 1 aliphatic heterocycles. The molecule has 0 radical (unpaired) electrons. The average molecular weight is 374 g/mol. The van der Waals surface area contributed by atoms with E-state index in [-0.39, 0.29) is 5.75 Å². The molecule has 0 saturated carbocycles. The molecule has 0 fully saturated rings. The molecule has 3 heterocycles. The van der Waals surface area contributed by atoms with Crippen molar-refractivity contribution in [2.75, 3.05) is 12.3 Å². The number of rotatable bonds is 6. The van der Waals surface area contributed by atoms with Crippen LogP contribution in [-0.4, -0.2) is 37.0 Å². The highest BCUT2D eigenvalue weighted by Gasteiger charge is 2.22. The van der Waals surface area contributed by atoms with Crippen molar-refractivity contribution in [2.45, 2.75) is 53.0 Å². The smallest absolute Gasteiger partial charge is 0.163 e. The second-order valence-electron chi connectivity index (χ2n) is 6.62. The Hall–Kier alpha value is -1.86. The number of hydrogen-bond acceptors (Lipinski definition) is 6. The van der Waals surface area contributed by atoms with Gasteiger partial charge in [-0.25, -0.2) is 9.97 Å². The number of hydrogen-bond donors (Lipinski definition) is 2. The minimum atomic E-state index is 0.190. The van der Waals surface area contributed by atoms with Crippen LogP contribution in [-0.2, 0) is 0 Å². The predicted octanol–water partition coefficient (Wildman–Crippen LogP) is 4.03. The van der Waals surface area contributed by atoms with Crippen LogP contribution in [0, 0.1) is 6.92 Å². The summed E-state index contributed by atoms with van der Waals surface area (Å²) in [7, 11) is 0. The summed E-state index contributed by atoms with van der Waals surface area (Å²) < 4.78 is 2.06. The third-order valence-corrected chi connectivity index (χ3v) is 5.95. The van der Waals surface area contributed by atoms with Gasteiger partial charge in [-0.1, -0.05) is 13.8 Å². The number of nitrogens with two attached hydrogens (primary N) is 1. The van der Waals surface area contributed by atoms with E-state index >= 15 is 0 Å². The standard InChI is InChI=1S/C19H27N5OS/c1-5-13(6-2)24-9-15(25)18-19(24)22-12(4)17(23-18)14-10-26-16(7-8-20)21-11(14)3/h9,13,25H,5-8,10,20H2,1-4H3. The van der Waals surface area contributed by atoms with Crippen LogP contribution in [0.5, 0.6) is 5.75 Å². The van der Waals surface area contributed by atoms with Crippen molar-refractivity contribution in [1.29, 1.82) is 0 Å². The zero-order valence-electron chi connectivity index (χ0n) is 15.9. The van der Waals surface area contributed by atoms with Crippen molar-refractivity contribution in [3.63, 3.8) is 0 Å². The molecule has 2 aromatic heterocycles. The third kappa shape index (κ3) is 3.38. The van der Waals surface area contributed by atoms with Crippen molar-refractivity contribution >= 4 is 33.5 Å². The molecule has 2 aromatic rings. The fourth-order valence-corrected chi connectivity index (χ4v) is 4.52. The van der Waals surface area contributed by atoms with Gasteiger partial charge >= 0.3 is 0 Å². The van der Waals surface area contributed by atoms with Crippen molar-refractivity contribution in [3.8, 4) is 5.75 Å². The van der Waals surface area contributed by atoms with E-state index in [1.54, 1.807) is 18.0 Å². The summed E-state index contributed by atoms with van der Waals surface area (Å²) in [5.74, 6) is 0.995. The fraction of sp³-hybridized carbons (Fsp3) is 0.526. The van der Waals surface area contributed by atoms with Gasteiger partial charge < -0.3 is 15.4 Å². The van der Waals surface area contributed by atoms with Crippen LogP contribution in [0.4, 0.5) is 0 Å². The molecule has 0 aliphatic carbocycles. The molecule has 7 heteroatoms. The van der Waals surface area contributed by atoms with E-state index in [2.05, 4.69) is 23.4 Å². The van der Waals surface area contributed by atoms with Crippen LogP contribution in [0.25, 0.3) is 16.7 Å². The maximum absolute atomic E-state index is 10.4. The molecular formula is C19H27N5OS. The van der Waals surface area contributed by atoms with Gasteiger partial charge in [0, 0.05) is 29.5 Å². The Kier molecular flexibility index (Phi) is 5.67. The first-order valence-corrected chi connectivity index (χ1v) is 10.2. The molecule has 140 valence electrons. The van der Waals surface area contributed by atoms with Gasteiger partial charge in [-0.15, -0.1) is 11.8 Å². The second kappa shape index (κ2) is 7.80. The normalized spacial score (nSPS) is 15.2. The highest BCUT2D eigenvalue weighted by molar-refractivity contribution is 8.14. The molecule has 0 spiro atoms. The first-order chi connectivity index (χ1) is 12.5. The number of aromatic nitrogens is 3. The first-order valence-electron chi connectivity index (χ1n) is 9.18. The van der Waals surface area contributed by atoms with Crippen LogP contribution in [0.3, 0.4) is 0 Å². The number of aliphatic imine (C=N–C) groups is 1. The van der Waals surface area contributed by atoms with Crippen LogP contribution >= 0.6 is 11.8 Å². The second-order valence-corrected chi connectivity index (χ2v) is 7.67. The molecule has 0 saturated heterocycles. The highest BCUT2D eigenvalue weighted by Crippen LogP contribution is 2.34. The Labute approximate surface area is 158 Å². The molecule has 0 unspecified atom stereocenters. The Morgan fingerprint density at radius 2 is 2.00 bits per heavy atom. The lowest BCUT2D eigenvalue weighted by Crippen LogP contribution is -2.12. The molecule has 6 nitrogen and oxygen atoms in total. The van der Waals surface area contributed by atoms with E-state index in [1.807, 2.05) is 13.8 Å². The van der Waals surface area contributed by atoms with E-state index in [9.17, 15) is 5.11 Å². The zero-order valence-corrected chi connectivity index (χ0v) is 16.7. The van der Waals surface area contributed by atoms with Crippen LogP contribution in [0.1, 0.15) is 57.5 Å². The Morgan fingerprint density at radius 1 is 1.27 bits per heavy atom. The lowest BCUT2D eigenvalue weighted by molar-refractivity contribution is 0.455. The van der Waals surface area contributed by atoms with Gasteiger partial charge in [-0.2, -0.15) is 0 Å². The molecule has 3 N–H and O–H groups in total. The molecule has 0 atom stereocenters. The summed E-state index contributed by atoms with van der Waals surface area (Å²) in [5, 5.41) is 11.5. The molecule has 26 heavy (non-hydrogen) atoms. The number of aromatic hydroxyl groups is 1. The Morgan fingerprint density at radius 3 is 2.62 bits per heavy atom. The van der Waals surface area contributed by atoms with Gasteiger partial charge in [0.1, 0.15) is 5.52 Å². The quantitative estimate of drug-likeness (QED) is 0.798. The molecular weight excluding hydrogens is 346 g/mol. The topological polar surface area (TPSA) is 89.3 Å². The van der Waals surface area contributed by atoms with Crippen LogP contribution in [0.15, 0.2) is 16.9 Å². The number of allylic oxidation sites excluding steroid dienone is 1. The maximum Gasteiger partial charge on any atom is 0.163 e. The molecule has 0 aromatic carbocycles. The molecule has 0 amide bonds. The van der Waals surface area contributed by atoms with Crippen LogP contribution < -0.4 is 5.73 Å². The number of fused-ring (bicyclic) bond motifs is 1. The van der Waals surface area contributed by atoms with Crippen molar-refractivity contribution in [1.82, 2.24) is 14.5 Å². The monoisotopic (exact) mass is 373 g/mol. The zero-order chi connectivity index (χ0) is 18.8. The van der Waals surface area contributed by atoms with Crippen LogP contribution in [0.2, 0.25) is 0 Å². The lowest BCUT2D eigenvalue weighted by Gasteiger charge is -2.18. The SMILES string of the molecule is CCC(CC)n1cc(O)c2nc(C3=C(C)N=C(CCN)SC3)c(C)nc21. The van der Waals surface area contributed by atoms with E-state index in [4.69, 9.17) is 15.7 Å². The van der Waals surface area contributed by atoms with Crippen molar-refractivity contribution in [3.05, 3.63) is 23.3 Å². The number of nitrogens with zero attached hydrogens (tertiary/aromatic N) is 4. The van der Waals surface area contributed by atoms with Crippen molar-refractivity contribution < 1.29 is 5.11 Å². The van der Waals surface area contributed by atoms with Gasteiger partial charge in [-0.3, -0.25) is 4.99 Å². The maximum atomic E-state index is 10.4. The van der Waals surface area contributed by atoms with E-state index in [0.29, 0.717) is 18.1 Å². The molecule has 3 rings (SSSR count). The van der Waals surface area contributed by atoms with Gasteiger partial charge in [0.2, 0.25) is 0 Å². The Balaban J connectivity index is 2.11. The third-order valence-electron chi connectivity index (χ3n) is 4.89. The summed E-state index contributed by atoms with van der Waals surface area (Å²) in [5.41, 5.74) is 10.7. The van der Waals surface area contributed by atoms with E-state index in [1.165, 1.54) is 0 Å². The molecule has 1 aliphatic rings. The van der Waals surface area contributed by atoms with Gasteiger partial charge in [0.05, 0.1) is 22.6 Å². The largest absolute Gasteiger partial charge is 0.504 e. The average Bonchev–Trinajstić information content (AvgIpc) is 2.92. The van der Waals surface area contributed by atoms with Gasteiger partial charge in [-0.05, 0) is 33.2 Å². The minimum absolute atomic E-state index is 0.190. The van der Waals surface area contributed by atoms with Crippen molar-refractivity contribution in [2.24, 2.45) is 10.7 Å².